The summed E-state index contributed by atoms with van der Waals surface area (Å²) in [7, 11) is 0. The van der Waals surface area contributed by atoms with Crippen molar-refractivity contribution in [3.8, 4) is 5.75 Å². The minimum atomic E-state index is -0.468. The average molecular weight is 306 g/mol. The van der Waals surface area contributed by atoms with Gasteiger partial charge < -0.3 is 20.5 Å². The van der Waals surface area contributed by atoms with Gasteiger partial charge in [0.05, 0.1) is 12.6 Å². The predicted molar refractivity (Wildman–Crippen MR) is 85.7 cm³/mol. The van der Waals surface area contributed by atoms with Crippen LogP contribution in [-0.2, 0) is 16.1 Å². The maximum absolute atomic E-state index is 12.2. The van der Waals surface area contributed by atoms with E-state index in [9.17, 15) is 4.79 Å². The molecule has 1 aromatic rings. The fourth-order valence-electron chi connectivity index (χ4n) is 2.69. The first-order valence-electron chi connectivity index (χ1n) is 7.95. The largest absolute Gasteiger partial charge is 0.494 e. The second-order valence-corrected chi connectivity index (χ2v) is 5.74. The van der Waals surface area contributed by atoms with E-state index in [2.05, 4.69) is 5.32 Å². The summed E-state index contributed by atoms with van der Waals surface area (Å²) in [5, 5.41) is 2.93. The third-order valence-electron chi connectivity index (χ3n) is 4.05. The summed E-state index contributed by atoms with van der Waals surface area (Å²) in [6, 6.07) is 5.52. The van der Waals surface area contributed by atoms with E-state index < -0.39 is 6.04 Å². The third kappa shape index (κ3) is 4.45. The SMILES string of the molecule is CCOc1cc(C)ccc1CNC(=O)C(N)C1CCOCC1. The van der Waals surface area contributed by atoms with Crippen LogP contribution in [0.4, 0.5) is 0 Å². The highest BCUT2D eigenvalue weighted by molar-refractivity contribution is 5.81. The molecule has 1 atom stereocenters. The molecule has 5 heteroatoms. The Labute approximate surface area is 132 Å². The van der Waals surface area contributed by atoms with Crippen LogP contribution in [-0.4, -0.2) is 31.8 Å². The van der Waals surface area contributed by atoms with Crippen molar-refractivity contribution >= 4 is 5.91 Å². The molecule has 1 aromatic carbocycles. The molecule has 1 saturated heterocycles. The number of benzene rings is 1. The van der Waals surface area contributed by atoms with Gasteiger partial charge in [-0.15, -0.1) is 0 Å². The molecule has 0 radical (unpaired) electrons. The van der Waals surface area contributed by atoms with Crippen molar-refractivity contribution in [2.75, 3.05) is 19.8 Å². The number of carbonyl (C=O) groups is 1. The molecular weight excluding hydrogens is 280 g/mol. The van der Waals surface area contributed by atoms with Gasteiger partial charge in [-0.1, -0.05) is 12.1 Å². The number of rotatable bonds is 6. The number of amides is 1. The smallest absolute Gasteiger partial charge is 0.237 e. The van der Waals surface area contributed by atoms with Gasteiger partial charge in [0.15, 0.2) is 0 Å². The molecule has 1 unspecified atom stereocenters. The summed E-state index contributed by atoms with van der Waals surface area (Å²) < 4.78 is 10.9. The van der Waals surface area contributed by atoms with E-state index in [4.69, 9.17) is 15.2 Å². The number of ether oxygens (including phenoxy) is 2. The van der Waals surface area contributed by atoms with E-state index in [-0.39, 0.29) is 11.8 Å². The van der Waals surface area contributed by atoms with Gasteiger partial charge in [-0.2, -0.15) is 0 Å². The van der Waals surface area contributed by atoms with Crippen LogP contribution in [0.1, 0.15) is 30.9 Å². The molecule has 1 aliphatic heterocycles. The Morgan fingerprint density at radius 3 is 2.86 bits per heavy atom. The Kier molecular flexibility index (Phi) is 6.21. The monoisotopic (exact) mass is 306 g/mol. The molecule has 0 aliphatic carbocycles. The topological polar surface area (TPSA) is 73.6 Å². The molecule has 1 amide bonds. The van der Waals surface area contributed by atoms with Crippen LogP contribution < -0.4 is 15.8 Å². The van der Waals surface area contributed by atoms with E-state index in [1.807, 2.05) is 32.0 Å². The van der Waals surface area contributed by atoms with Crippen molar-refractivity contribution in [3.05, 3.63) is 29.3 Å². The molecule has 1 heterocycles. The highest BCUT2D eigenvalue weighted by Gasteiger charge is 2.26. The molecule has 0 bridgehead atoms. The first-order chi connectivity index (χ1) is 10.6. The van der Waals surface area contributed by atoms with E-state index in [0.717, 1.165) is 29.7 Å². The molecule has 0 saturated carbocycles. The van der Waals surface area contributed by atoms with Crippen molar-refractivity contribution in [2.45, 2.75) is 39.3 Å². The fourth-order valence-corrected chi connectivity index (χ4v) is 2.69. The van der Waals surface area contributed by atoms with Crippen LogP contribution in [0.3, 0.4) is 0 Å². The average Bonchev–Trinajstić information content (AvgIpc) is 2.54. The van der Waals surface area contributed by atoms with E-state index in [0.29, 0.717) is 26.4 Å². The molecule has 1 aliphatic rings. The number of nitrogens with two attached hydrogens (primary N) is 1. The van der Waals surface area contributed by atoms with Crippen molar-refractivity contribution in [1.82, 2.24) is 5.32 Å². The van der Waals surface area contributed by atoms with Crippen LogP contribution >= 0.6 is 0 Å². The molecule has 1 fully saturated rings. The van der Waals surface area contributed by atoms with Crippen molar-refractivity contribution < 1.29 is 14.3 Å². The Morgan fingerprint density at radius 2 is 2.18 bits per heavy atom. The van der Waals surface area contributed by atoms with Crippen molar-refractivity contribution in [3.63, 3.8) is 0 Å². The summed E-state index contributed by atoms with van der Waals surface area (Å²) in [5.41, 5.74) is 8.19. The molecule has 22 heavy (non-hydrogen) atoms. The number of hydrogen-bond donors (Lipinski definition) is 2. The summed E-state index contributed by atoms with van der Waals surface area (Å²) in [5.74, 6) is 0.926. The minimum absolute atomic E-state index is 0.102. The lowest BCUT2D eigenvalue weighted by molar-refractivity contribution is -0.124. The van der Waals surface area contributed by atoms with Gasteiger partial charge in [-0.05, 0) is 44.2 Å². The predicted octanol–water partition coefficient (Wildman–Crippen LogP) is 1.76. The van der Waals surface area contributed by atoms with Gasteiger partial charge in [0.25, 0.3) is 0 Å². The Bertz CT molecular complexity index is 499. The zero-order chi connectivity index (χ0) is 15.9. The van der Waals surface area contributed by atoms with Gasteiger partial charge in [0.1, 0.15) is 5.75 Å². The lowest BCUT2D eigenvalue weighted by atomic mass is 9.92. The standard InChI is InChI=1S/C17H26N2O3/c1-3-22-15-10-12(2)4-5-14(15)11-19-17(20)16(18)13-6-8-21-9-7-13/h4-5,10,13,16H,3,6-9,11,18H2,1-2H3,(H,19,20). The van der Waals surface area contributed by atoms with E-state index in [1.54, 1.807) is 0 Å². The Morgan fingerprint density at radius 1 is 1.45 bits per heavy atom. The highest BCUT2D eigenvalue weighted by atomic mass is 16.5. The Balaban J connectivity index is 1.92. The second kappa shape index (κ2) is 8.15. The lowest BCUT2D eigenvalue weighted by Gasteiger charge is -2.26. The number of aryl methyl sites for hydroxylation is 1. The molecule has 3 N–H and O–H groups in total. The van der Waals surface area contributed by atoms with Gasteiger partial charge in [-0.3, -0.25) is 4.79 Å². The molecule has 0 aromatic heterocycles. The van der Waals surface area contributed by atoms with E-state index >= 15 is 0 Å². The van der Waals surface area contributed by atoms with Gasteiger partial charge in [-0.25, -0.2) is 0 Å². The van der Waals surface area contributed by atoms with Crippen LogP contribution in [0.15, 0.2) is 18.2 Å². The zero-order valence-electron chi connectivity index (χ0n) is 13.4. The van der Waals surface area contributed by atoms with Crippen LogP contribution in [0, 0.1) is 12.8 Å². The first kappa shape index (κ1) is 16.8. The number of carbonyl (C=O) groups excluding carboxylic acids is 1. The van der Waals surface area contributed by atoms with E-state index in [1.165, 1.54) is 0 Å². The van der Waals surface area contributed by atoms with Crippen molar-refractivity contribution in [2.24, 2.45) is 11.7 Å². The lowest BCUT2D eigenvalue weighted by Crippen LogP contribution is -2.46. The summed E-state index contributed by atoms with van der Waals surface area (Å²) in [6.45, 7) is 6.39. The second-order valence-electron chi connectivity index (χ2n) is 5.74. The zero-order valence-corrected chi connectivity index (χ0v) is 13.4. The number of nitrogens with one attached hydrogen (secondary N) is 1. The molecule has 122 valence electrons. The Hall–Kier alpha value is -1.59. The van der Waals surface area contributed by atoms with Gasteiger partial charge in [0.2, 0.25) is 5.91 Å². The summed E-state index contributed by atoms with van der Waals surface area (Å²) in [6.07, 6.45) is 1.70. The molecule has 0 spiro atoms. The molecule has 2 rings (SSSR count). The highest BCUT2D eigenvalue weighted by Crippen LogP contribution is 2.21. The third-order valence-corrected chi connectivity index (χ3v) is 4.05. The van der Waals surface area contributed by atoms with Crippen LogP contribution in [0.5, 0.6) is 5.75 Å². The summed E-state index contributed by atoms with van der Waals surface area (Å²) >= 11 is 0. The van der Waals surface area contributed by atoms with Gasteiger partial charge >= 0.3 is 0 Å². The fraction of sp³-hybridized carbons (Fsp3) is 0.588. The maximum Gasteiger partial charge on any atom is 0.237 e. The van der Waals surface area contributed by atoms with Crippen LogP contribution in [0.25, 0.3) is 0 Å². The van der Waals surface area contributed by atoms with Gasteiger partial charge in [0, 0.05) is 25.3 Å². The number of hydrogen-bond acceptors (Lipinski definition) is 4. The maximum atomic E-state index is 12.2. The first-order valence-corrected chi connectivity index (χ1v) is 7.95. The summed E-state index contributed by atoms with van der Waals surface area (Å²) in [4.78, 5) is 12.2. The van der Waals surface area contributed by atoms with Crippen LogP contribution in [0.2, 0.25) is 0 Å². The normalized spacial score (nSPS) is 17.0. The van der Waals surface area contributed by atoms with Crippen molar-refractivity contribution in [1.29, 1.82) is 0 Å². The minimum Gasteiger partial charge on any atom is -0.494 e. The molecule has 5 nitrogen and oxygen atoms in total. The quantitative estimate of drug-likeness (QED) is 0.840. The molecular formula is C17H26N2O3.